The van der Waals surface area contributed by atoms with Crippen LogP contribution in [0.2, 0.25) is 0 Å². The highest BCUT2D eigenvalue weighted by Gasteiger charge is 2.26. The highest BCUT2D eigenvalue weighted by molar-refractivity contribution is 7.16. The predicted molar refractivity (Wildman–Crippen MR) is 72.2 cm³/mol. The first kappa shape index (κ1) is 13.6. The Morgan fingerprint density at radius 2 is 2.16 bits per heavy atom. The predicted octanol–water partition coefficient (Wildman–Crippen LogP) is 2.62. The molecular weight excluding hydrogens is 268 g/mol. The van der Waals surface area contributed by atoms with Gasteiger partial charge in [-0.3, -0.25) is 4.79 Å². The van der Waals surface area contributed by atoms with Crippen molar-refractivity contribution in [2.45, 2.75) is 25.7 Å². The van der Waals surface area contributed by atoms with Gasteiger partial charge in [-0.1, -0.05) is 25.2 Å². The summed E-state index contributed by atoms with van der Waals surface area (Å²) >= 11 is 0.981. The minimum absolute atomic E-state index is 0.00554. The molecule has 19 heavy (non-hydrogen) atoms. The van der Waals surface area contributed by atoms with E-state index in [4.69, 9.17) is 14.3 Å². The lowest BCUT2D eigenvalue weighted by atomic mass is 9.81. The molecule has 0 aliphatic rings. The van der Waals surface area contributed by atoms with E-state index in [0.717, 1.165) is 16.9 Å². The van der Waals surface area contributed by atoms with Crippen molar-refractivity contribution >= 4 is 27.6 Å². The zero-order valence-electron chi connectivity index (χ0n) is 10.9. The molecule has 0 amide bonds. The van der Waals surface area contributed by atoms with Gasteiger partial charge in [0.15, 0.2) is 11.3 Å². The molecule has 0 saturated carbocycles. The van der Waals surface area contributed by atoms with Gasteiger partial charge in [-0.2, -0.15) is 0 Å². The number of aliphatic carboxylic acids is 1. The van der Waals surface area contributed by atoms with Crippen LogP contribution in [0.4, 0.5) is 0 Å². The van der Waals surface area contributed by atoms with Crippen LogP contribution in [0.1, 0.15) is 25.8 Å². The summed E-state index contributed by atoms with van der Waals surface area (Å²) in [6.07, 6.45) is -0.00554. The second-order valence-electron chi connectivity index (χ2n) is 4.91. The van der Waals surface area contributed by atoms with Crippen LogP contribution in [-0.4, -0.2) is 18.2 Å². The number of benzene rings is 1. The molecule has 0 unspecified atom stereocenters. The first-order valence-electron chi connectivity index (χ1n) is 5.67. The standard InChI is InChI=1S/C13H14O5S/c1-13(2,6-10(14)15)7-4-8(17-3)11-9(5-7)19-12(16)18-11/h4-5H,6H2,1-3H3,(H,14,15). The first-order chi connectivity index (χ1) is 8.83. The number of ether oxygens (including phenoxy) is 1. The van der Waals surface area contributed by atoms with Gasteiger partial charge >= 0.3 is 10.9 Å². The Labute approximate surface area is 113 Å². The highest BCUT2D eigenvalue weighted by Crippen LogP contribution is 2.36. The molecule has 5 nitrogen and oxygen atoms in total. The van der Waals surface area contributed by atoms with Crippen LogP contribution in [0.3, 0.4) is 0 Å². The van der Waals surface area contributed by atoms with Crippen LogP contribution in [0, 0.1) is 0 Å². The van der Waals surface area contributed by atoms with E-state index in [-0.39, 0.29) is 6.42 Å². The molecule has 0 fully saturated rings. The van der Waals surface area contributed by atoms with E-state index in [9.17, 15) is 9.59 Å². The quantitative estimate of drug-likeness (QED) is 0.932. The molecule has 1 aromatic carbocycles. The molecule has 0 spiro atoms. The van der Waals surface area contributed by atoms with Crippen molar-refractivity contribution in [3.8, 4) is 5.75 Å². The highest BCUT2D eigenvalue weighted by atomic mass is 32.1. The lowest BCUT2D eigenvalue weighted by Crippen LogP contribution is -2.21. The minimum atomic E-state index is -0.871. The smallest absolute Gasteiger partial charge is 0.396 e. The van der Waals surface area contributed by atoms with Crippen LogP contribution in [0.5, 0.6) is 5.75 Å². The topological polar surface area (TPSA) is 76.7 Å². The number of methoxy groups -OCH3 is 1. The van der Waals surface area contributed by atoms with Gasteiger partial charge in [0.25, 0.3) is 0 Å². The van der Waals surface area contributed by atoms with Crippen molar-refractivity contribution in [2.75, 3.05) is 7.11 Å². The number of carboxylic acids is 1. The molecule has 1 heterocycles. The van der Waals surface area contributed by atoms with E-state index in [1.807, 2.05) is 13.8 Å². The molecule has 0 atom stereocenters. The van der Waals surface area contributed by atoms with Gasteiger partial charge in [0.2, 0.25) is 0 Å². The largest absolute Gasteiger partial charge is 0.493 e. The molecule has 0 aliphatic heterocycles. The summed E-state index contributed by atoms with van der Waals surface area (Å²) in [5, 5.41) is 8.96. The molecule has 2 rings (SSSR count). The number of carbonyl (C=O) groups is 1. The van der Waals surface area contributed by atoms with Crippen LogP contribution in [-0.2, 0) is 10.2 Å². The summed E-state index contributed by atoms with van der Waals surface area (Å²) in [5.74, 6) is -0.422. The average molecular weight is 282 g/mol. The normalized spacial score (nSPS) is 11.7. The fourth-order valence-corrected chi connectivity index (χ4v) is 2.69. The maximum Gasteiger partial charge on any atom is 0.396 e. The van der Waals surface area contributed by atoms with E-state index in [2.05, 4.69) is 0 Å². The lowest BCUT2D eigenvalue weighted by Gasteiger charge is -2.23. The first-order valence-corrected chi connectivity index (χ1v) is 6.49. The molecule has 6 heteroatoms. The van der Waals surface area contributed by atoms with E-state index in [1.54, 1.807) is 12.1 Å². The lowest BCUT2D eigenvalue weighted by molar-refractivity contribution is -0.138. The maximum absolute atomic E-state index is 11.3. The zero-order valence-corrected chi connectivity index (χ0v) is 11.7. The number of rotatable bonds is 4. The summed E-state index contributed by atoms with van der Waals surface area (Å²) in [7, 11) is 1.49. The molecule has 0 aliphatic carbocycles. The molecule has 1 aromatic heterocycles. The third-order valence-corrected chi connectivity index (χ3v) is 3.77. The second-order valence-corrected chi connectivity index (χ2v) is 5.89. The van der Waals surface area contributed by atoms with Gasteiger partial charge in [0.05, 0.1) is 18.2 Å². The van der Waals surface area contributed by atoms with Gasteiger partial charge in [-0.25, -0.2) is 4.79 Å². The second kappa shape index (κ2) is 4.70. The molecule has 0 radical (unpaired) electrons. The summed E-state index contributed by atoms with van der Waals surface area (Å²) in [6.45, 7) is 3.68. The SMILES string of the molecule is COc1cc(C(C)(C)CC(=O)O)cc2sc(=O)oc12. The molecule has 0 saturated heterocycles. The van der Waals surface area contributed by atoms with Crippen molar-refractivity contribution in [3.63, 3.8) is 0 Å². The van der Waals surface area contributed by atoms with E-state index in [0.29, 0.717) is 16.0 Å². The van der Waals surface area contributed by atoms with Gasteiger partial charge < -0.3 is 14.3 Å². The Bertz CT molecular complexity index is 680. The average Bonchev–Trinajstić information content (AvgIpc) is 2.66. The molecular formula is C13H14O5S. The van der Waals surface area contributed by atoms with Gasteiger partial charge in [-0.05, 0) is 17.7 Å². The monoisotopic (exact) mass is 282 g/mol. The Hall–Kier alpha value is -1.82. The summed E-state index contributed by atoms with van der Waals surface area (Å²) in [5.41, 5.74) is 0.657. The summed E-state index contributed by atoms with van der Waals surface area (Å²) in [6, 6.07) is 3.51. The Morgan fingerprint density at radius 1 is 1.47 bits per heavy atom. The fourth-order valence-electron chi connectivity index (χ4n) is 1.97. The number of fused-ring (bicyclic) bond motifs is 1. The van der Waals surface area contributed by atoms with Crippen molar-refractivity contribution in [1.29, 1.82) is 0 Å². The van der Waals surface area contributed by atoms with Crippen LogP contribution in [0.15, 0.2) is 21.3 Å². The minimum Gasteiger partial charge on any atom is -0.493 e. The summed E-state index contributed by atoms with van der Waals surface area (Å²) < 4.78 is 10.9. The number of hydrogen-bond acceptors (Lipinski definition) is 5. The van der Waals surface area contributed by atoms with E-state index >= 15 is 0 Å². The van der Waals surface area contributed by atoms with Crippen molar-refractivity contribution in [3.05, 3.63) is 27.4 Å². The van der Waals surface area contributed by atoms with E-state index in [1.165, 1.54) is 7.11 Å². The summed E-state index contributed by atoms with van der Waals surface area (Å²) in [4.78, 5) is 21.8. The molecule has 102 valence electrons. The number of hydrogen-bond donors (Lipinski definition) is 1. The Kier molecular flexibility index (Phi) is 3.36. The molecule has 2 aromatic rings. The fraction of sp³-hybridized carbons (Fsp3) is 0.385. The third kappa shape index (κ3) is 2.63. The van der Waals surface area contributed by atoms with E-state index < -0.39 is 16.3 Å². The zero-order chi connectivity index (χ0) is 14.2. The molecule has 1 N–H and O–H groups in total. The van der Waals surface area contributed by atoms with Crippen molar-refractivity contribution in [2.24, 2.45) is 0 Å². The number of carboxylic acid groups (broad SMARTS) is 1. The van der Waals surface area contributed by atoms with Gasteiger partial charge in [0.1, 0.15) is 0 Å². The van der Waals surface area contributed by atoms with Crippen molar-refractivity contribution in [1.82, 2.24) is 0 Å². The van der Waals surface area contributed by atoms with Crippen molar-refractivity contribution < 1.29 is 19.1 Å². The Balaban J connectivity index is 2.61. The van der Waals surface area contributed by atoms with Crippen LogP contribution in [0.25, 0.3) is 10.3 Å². The van der Waals surface area contributed by atoms with Gasteiger partial charge in [0, 0.05) is 5.41 Å². The third-order valence-electron chi connectivity index (χ3n) is 2.99. The molecule has 0 bridgehead atoms. The van der Waals surface area contributed by atoms with Gasteiger partial charge in [-0.15, -0.1) is 0 Å². The maximum atomic E-state index is 11.3. The van der Waals surface area contributed by atoms with Crippen LogP contribution < -0.4 is 9.68 Å². The van der Waals surface area contributed by atoms with Crippen LogP contribution >= 0.6 is 11.3 Å². The Morgan fingerprint density at radius 3 is 2.74 bits per heavy atom.